The van der Waals surface area contributed by atoms with Crippen LogP contribution in [0.25, 0.3) is 0 Å². The molecule has 3 N–H and O–H groups in total. The van der Waals surface area contributed by atoms with Crippen molar-refractivity contribution >= 4 is 17.8 Å². The van der Waals surface area contributed by atoms with E-state index in [4.69, 9.17) is 5.73 Å². The molecular formula is C12H24N6O. The van der Waals surface area contributed by atoms with Gasteiger partial charge in [-0.2, -0.15) is 15.0 Å². The highest BCUT2D eigenvalue weighted by Gasteiger charge is 2.19. The van der Waals surface area contributed by atoms with E-state index in [0.29, 0.717) is 18.4 Å². The highest BCUT2D eigenvalue weighted by atomic mass is 16.3. The number of rotatable bonds is 6. The Morgan fingerprint density at radius 2 is 1.63 bits per heavy atom. The molecule has 0 unspecified atom stereocenters. The van der Waals surface area contributed by atoms with Crippen molar-refractivity contribution in [2.45, 2.75) is 33.3 Å². The van der Waals surface area contributed by atoms with Crippen molar-refractivity contribution in [2.24, 2.45) is 0 Å². The lowest BCUT2D eigenvalue weighted by Gasteiger charge is -2.26. The first-order valence-corrected chi connectivity index (χ1v) is 6.46. The molecule has 0 bridgehead atoms. The molecular weight excluding hydrogens is 244 g/mol. The van der Waals surface area contributed by atoms with Gasteiger partial charge < -0.3 is 20.6 Å². The van der Waals surface area contributed by atoms with Gasteiger partial charge in [-0.1, -0.05) is 0 Å². The van der Waals surface area contributed by atoms with Gasteiger partial charge in [-0.25, -0.2) is 0 Å². The second-order valence-corrected chi connectivity index (χ2v) is 5.13. The van der Waals surface area contributed by atoms with Gasteiger partial charge in [0, 0.05) is 26.7 Å². The maximum atomic E-state index is 9.83. The summed E-state index contributed by atoms with van der Waals surface area (Å²) >= 11 is 0. The predicted molar refractivity (Wildman–Crippen MR) is 77.4 cm³/mol. The predicted octanol–water partition coefficient (Wildman–Crippen LogP) is 0.507. The van der Waals surface area contributed by atoms with Gasteiger partial charge >= 0.3 is 0 Å². The smallest absolute Gasteiger partial charge is 0.231 e. The SMILES string of the molecule is CCN(CC)c1nc(N)nc(N(C)CC(C)(C)O)n1. The third kappa shape index (κ3) is 4.51. The van der Waals surface area contributed by atoms with Gasteiger partial charge in [-0.05, 0) is 27.7 Å². The normalized spacial score (nSPS) is 11.5. The fourth-order valence-electron chi connectivity index (χ4n) is 1.84. The number of hydrogen-bond donors (Lipinski definition) is 2. The van der Waals surface area contributed by atoms with E-state index in [0.717, 1.165) is 13.1 Å². The quantitative estimate of drug-likeness (QED) is 0.776. The van der Waals surface area contributed by atoms with Gasteiger partial charge in [0.15, 0.2) is 0 Å². The lowest BCUT2D eigenvalue weighted by Crippen LogP contribution is -2.37. The first kappa shape index (κ1) is 15.4. The molecule has 0 amide bonds. The molecule has 1 aromatic heterocycles. The molecule has 0 radical (unpaired) electrons. The van der Waals surface area contributed by atoms with Crippen LogP contribution in [0.2, 0.25) is 0 Å². The van der Waals surface area contributed by atoms with Crippen LogP contribution in [-0.2, 0) is 0 Å². The summed E-state index contributed by atoms with van der Waals surface area (Å²) in [6, 6.07) is 0. The van der Waals surface area contributed by atoms with Crippen molar-refractivity contribution < 1.29 is 5.11 Å². The zero-order chi connectivity index (χ0) is 14.6. The number of nitrogen functional groups attached to an aromatic ring is 1. The van der Waals surface area contributed by atoms with E-state index in [1.54, 1.807) is 18.7 Å². The standard InChI is InChI=1S/C12H24N6O/c1-6-18(7-2)11-15-9(13)14-10(16-11)17(5)8-12(3,4)19/h19H,6-8H2,1-5H3,(H2,13,14,15,16). The van der Waals surface area contributed by atoms with Gasteiger partial charge in [0.1, 0.15) is 0 Å². The van der Waals surface area contributed by atoms with Crippen LogP contribution in [0, 0.1) is 0 Å². The lowest BCUT2D eigenvalue weighted by molar-refractivity contribution is 0.0883. The van der Waals surface area contributed by atoms with E-state index in [2.05, 4.69) is 15.0 Å². The minimum absolute atomic E-state index is 0.189. The van der Waals surface area contributed by atoms with Crippen molar-refractivity contribution in [3.63, 3.8) is 0 Å². The van der Waals surface area contributed by atoms with E-state index in [-0.39, 0.29) is 5.95 Å². The third-order valence-electron chi connectivity index (χ3n) is 2.64. The molecule has 0 spiro atoms. The second kappa shape index (κ2) is 6.01. The minimum Gasteiger partial charge on any atom is -0.389 e. The Morgan fingerprint density at radius 1 is 1.11 bits per heavy atom. The molecule has 0 saturated carbocycles. The topological polar surface area (TPSA) is 91.4 Å². The zero-order valence-electron chi connectivity index (χ0n) is 12.4. The Bertz CT molecular complexity index is 413. The molecule has 19 heavy (non-hydrogen) atoms. The Morgan fingerprint density at radius 3 is 2.11 bits per heavy atom. The lowest BCUT2D eigenvalue weighted by atomic mass is 10.1. The van der Waals surface area contributed by atoms with Crippen molar-refractivity contribution in [1.82, 2.24) is 15.0 Å². The maximum Gasteiger partial charge on any atom is 0.231 e. The number of aromatic nitrogens is 3. The first-order chi connectivity index (χ1) is 8.76. The van der Waals surface area contributed by atoms with Gasteiger partial charge in [0.05, 0.1) is 5.60 Å². The van der Waals surface area contributed by atoms with Crippen molar-refractivity contribution in [1.29, 1.82) is 0 Å². The summed E-state index contributed by atoms with van der Waals surface area (Å²) in [6.07, 6.45) is 0. The van der Waals surface area contributed by atoms with E-state index >= 15 is 0 Å². The van der Waals surface area contributed by atoms with E-state index < -0.39 is 5.60 Å². The van der Waals surface area contributed by atoms with E-state index in [9.17, 15) is 5.11 Å². The average Bonchev–Trinajstić information content (AvgIpc) is 2.27. The number of aliphatic hydroxyl groups is 1. The summed E-state index contributed by atoms with van der Waals surface area (Å²) < 4.78 is 0. The molecule has 0 fully saturated rings. The van der Waals surface area contributed by atoms with Crippen LogP contribution in [0.4, 0.5) is 17.8 Å². The highest BCUT2D eigenvalue weighted by molar-refractivity contribution is 5.43. The van der Waals surface area contributed by atoms with Crippen molar-refractivity contribution in [3.05, 3.63) is 0 Å². The number of hydrogen-bond acceptors (Lipinski definition) is 7. The van der Waals surface area contributed by atoms with Crippen LogP contribution in [-0.4, -0.2) is 52.3 Å². The van der Waals surface area contributed by atoms with E-state index in [1.807, 2.05) is 25.8 Å². The van der Waals surface area contributed by atoms with Crippen molar-refractivity contribution in [3.8, 4) is 0 Å². The van der Waals surface area contributed by atoms with Gasteiger partial charge in [-0.3, -0.25) is 0 Å². The van der Waals surface area contributed by atoms with Crippen LogP contribution in [0.15, 0.2) is 0 Å². The number of nitrogens with two attached hydrogens (primary N) is 1. The van der Waals surface area contributed by atoms with Gasteiger partial charge in [0.25, 0.3) is 0 Å². The molecule has 1 heterocycles. The minimum atomic E-state index is -0.828. The summed E-state index contributed by atoms with van der Waals surface area (Å²) in [5.74, 6) is 1.22. The molecule has 0 aliphatic rings. The third-order valence-corrected chi connectivity index (χ3v) is 2.64. The van der Waals surface area contributed by atoms with Crippen molar-refractivity contribution in [2.75, 3.05) is 42.2 Å². The Labute approximate surface area is 114 Å². The number of anilines is 3. The summed E-state index contributed by atoms with van der Waals surface area (Å²) in [4.78, 5) is 16.4. The first-order valence-electron chi connectivity index (χ1n) is 6.46. The fraction of sp³-hybridized carbons (Fsp3) is 0.750. The Kier molecular flexibility index (Phi) is 4.88. The fourth-order valence-corrected chi connectivity index (χ4v) is 1.84. The number of nitrogens with zero attached hydrogens (tertiary/aromatic N) is 5. The molecule has 1 aromatic rings. The molecule has 7 nitrogen and oxygen atoms in total. The second-order valence-electron chi connectivity index (χ2n) is 5.13. The van der Waals surface area contributed by atoms with Crippen LogP contribution >= 0.6 is 0 Å². The Hall–Kier alpha value is -1.63. The van der Waals surface area contributed by atoms with Crippen LogP contribution in [0.3, 0.4) is 0 Å². The summed E-state index contributed by atoms with van der Waals surface area (Å²) in [7, 11) is 1.82. The summed E-state index contributed by atoms with van der Waals surface area (Å²) in [5, 5.41) is 9.83. The van der Waals surface area contributed by atoms with E-state index in [1.165, 1.54) is 0 Å². The van der Waals surface area contributed by atoms with Crippen LogP contribution < -0.4 is 15.5 Å². The molecule has 0 aromatic carbocycles. The Balaban J connectivity index is 3.02. The van der Waals surface area contributed by atoms with Gasteiger partial charge in [-0.15, -0.1) is 0 Å². The molecule has 0 atom stereocenters. The number of likely N-dealkylation sites (N-methyl/N-ethyl adjacent to an activating group) is 1. The maximum absolute atomic E-state index is 9.83. The average molecular weight is 268 g/mol. The molecule has 0 aliphatic carbocycles. The molecule has 7 heteroatoms. The van der Waals surface area contributed by atoms with Crippen LogP contribution in [0.1, 0.15) is 27.7 Å². The molecule has 108 valence electrons. The molecule has 1 rings (SSSR count). The summed E-state index contributed by atoms with van der Waals surface area (Å²) in [6.45, 7) is 9.55. The molecule has 0 aliphatic heterocycles. The van der Waals surface area contributed by atoms with Gasteiger partial charge in [0.2, 0.25) is 17.8 Å². The van der Waals surface area contributed by atoms with Crippen LogP contribution in [0.5, 0.6) is 0 Å². The summed E-state index contributed by atoms with van der Waals surface area (Å²) in [5.41, 5.74) is 4.90. The zero-order valence-corrected chi connectivity index (χ0v) is 12.4. The monoisotopic (exact) mass is 268 g/mol. The highest BCUT2D eigenvalue weighted by Crippen LogP contribution is 2.16. The largest absolute Gasteiger partial charge is 0.389 e. The molecule has 0 saturated heterocycles.